The van der Waals surface area contributed by atoms with Crippen LogP contribution in [0.5, 0.6) is 5.75 Å². The molecule has 0 aliphatic carbocycles. The van der Waals surface area contributed by atoms with Gasteiger partial charge < -0.3 is 15.7 Å². The number of phenolic OH excluding ortho intramolecular Hbond substituents is 1. The fourth-order valence-electron chi connectivity index (χ4n) is 1.92. The first-order chi connectivity index (χ1) is 9.52. The Morgan fingerprint density at radius 3 is 2.50 bits per heavy atom. The highest BCUT2D eigenvalue weighted by atomic mass is 79.9. The Bertz CT molecular complexity index is 626. The average molecular weight is 335 g/mol. The standard InChI is InChI=1S/C15H15BrN2O2/c1-2-18(12-6-4-11(17)5-7-12)15(20)13-9-10(16)3-8-14(13)19/h3-9,19H,2,17H2,1H3. The monoisotopic (exact) mass is 334 g/mol. The number of anilines is 2. The zero-order chi connectivity index (χ0) is 14.7. The molecule has 0 saturated heterocycles. The van der Waals surface area contributed by atoms with E-state index in [4.69, 9.17) is 5.73 Å². The van der Waals surface area contributed by atoms with E-state index in [-0.39, 0.29) is 17.2 Å². The van der Waals surface area contributed by atoms with Crippen molar-refractivity contribution in [2.24, 2.45) is 0 Å². The van der Waals surface area contributed by atoms with Crippen LogP contribution in [0.15, 0.2) is 46.9 Å². The van der Waals surface area contributed by atoms with Gasteiger partial charge in [-0.1, -0.05) is 15.9 Å². The van der Waals surface area contributed by atoms with E-state index < -0.39 is 0 Å². The first-order valence-corrected chi connectivity index (χ1v) is 6.98. The first kappa shape index (κ1) is 14.4. The molecule has 0 aromatic heterocycles. The van der Waals surface area contributed by atoms with Gasteiger partial charge in [0.1, 0.15) is 5.75 Å². The smallest absolute Gasteiger partial charge is 0.262 e. The number of nitrogens with two attached hydrogens (primary N) is 1. The maximum Gasteiger partial charge on any atom is 0.262 e. The summed E-state index contributed by atoms with van der Waals surface area (Å²) >= 11 is 3.30. The minimum atomic E-state index is -0.254. The molecule has 0 bridgehead atoms. The van der Waals surface area contributed by atoms with E-state index in [0.29, 0.717) is 12.2 Å². The summed E-state index contributed by atoms with van der Waals surface area (Å²) in [6.07, 6.45) is 0. The Morgan fingerprint density at radius 2 is 1.90 bits per heavy atom. The second-order valence-electron chi connectivity index (χ2n) is 4.30. The molecule has 0 fully saturated rings. The molecule has 2 rings (SSSR count). The van der Waals surface area contributed by atoms with Crippen LogP contribution in [0.3, 0.4) is 0 Å². The number of carbonyl (C=O) groups excluding carboxylic acids is 1. The summed E-state index contributed by atoms with van der Waals surface area (Å²) in [5.41, 5.74) is 7.29. The van der Waals surface area contributed by atoms with E-state index >= 15 is 0 Å². The van der Waals surface area contributed by atoms with Gasteiger partial charge in [-0.3, -0.25) is 4.79 Å². The number of amides is 1. The molecule has 0 atom stereocenters. The van der Waals surface area contributed by atoms with Gasteiger partial charge in [-0.15, -0.1) is 0 Å². The Kier molecular flexibility index (Phi) is 4.29. The zero-order valence-electron chi connectivity index (χ0n) is 11.0. The first-order valence-electron chi connectivity index (χ1n) is 6.19. The summed E-state index contributed by atoms with van der Waals surface area (Å²) in [5, 5.41) is 9.85. The Balaban J connectivity index is 2.38. The molecule has 0 unspecified atom stereocenters. The molecular weight excluding hydrogens is 320 g/mol. The lowest BCUT2D eigenvalue weighted by Crippen LogP contribution is -2.30. The van der Waals surface area contributed by atoms with Crippen LogP contribution in [0, 0.1) is 0 Å². The van der Waals surface area contributed by atoms with Crippen LogP contribution in [0.2, 0.25) is 0 Å². The van der Waals surface area contributed by atoms with Crippen LogP contribution < -0.4 is 10.6 Å². The van der Waals surface area contributed by atoms with Crippen LogP contribution in [0.1, 0.15) is 17.3 Å². The number of phenols is 1. The summed E-state index contributed by atoms with van der Waals surface area (Å²) in [7, 11) is 0. The highest BCUT2D eigenvalue weighted by Gasteiger charge is 2.19. The van der Waals surface area contributed by atoms with Gasteiger partial charge in [0.15, 0.2) is 0 Å². The number of hydrogen-bond acceptors (Lipinski definition) is 3. The molecule has 0 aliphatic rings. The number of hydrogen-bond donors (Lipinski definition) is 2. The predicted octanol–water partition coefficient (Wildman–Crippen LogP) is 3.40. The molecule has 20 heavy (non-hydrogen) atoms. The molecule has 104 valence electrons. The van der Waals surface area contributed by atoms with Crippen LogP contribution in [0.4, 0.5) is 11.4 Å². The largest absolute Gasteiger partial charge is 0.507 e. The van der Waals surface area contributed by atoms with E-state index in [2.05, 4.69) is 15.9 Å². The summed E-state index contributed by atoms with van der Waals surface area (Å²) in [4.78, 5) is 14.1. The van der Waals surface area contributed by atoms with Crippen molar-refractivity contribution in [3.05, 3.63) is 52.5 Å². The van der Waals surface area contributed by atoms with Gasteiger partial charge in [0.25, 0.3) is 5.91 Å². The molecule has 2 aromatic rings. The van der Waals surface area contributed by atoms with E-state index in [1.54, 1.807) is 41.3 Å². The topological polar surface area (TPSA) is 66.6 Å². The highest BCUT2D eigenvalue weighted by molar-refractivity contribution is 9.10. The van der Waals surface area contributed by atoms with Gasteiger partial charge in [-0.2, -0.15) is 0 Å². The van der Waals surface area contributed by atoms with Crippen molar-refractivity contribution in [3.8, 4) is 5.75 Å². The molecular formula is C15H15BrN2O2. The van der Waals surface area contributed by atoms with Crippen molar-refractivity contribution >= 4 is 33.2 Å². The third-order valence-corrected chi connectivity index (χ3v) is 3.45. The molecule has 0 saturated carbocycles. The number of halogens is 1. The zero-order valence-corrected chi connectivity index (χ0v) is 12.6. The van der Waals surface area contributed by atoms with Crippen molar-refractivity contribution in [1.82, 2.24) is 0 Å². The molecule has 0 radical (unpaired) electrons. The van der Waals surface area contributed by atoms with Crippen molar-refractivity contribution in [3.63, 3.8) is 0 Å². The Labute approximate surface area is 126 Å². The van der Waals surface area contributed by atoms with Crippen molar-refractivity contribution < 1.29 is 9.90 Å². The number of carbonyl (C=O) groups is 1. The lowest BCUT2D eigenvalue weighted by atomic mass is 10.1. The van der Waals surface area contributed by atoms with Gasteiger partial charge >= 0.3 is 0 Å². The SMILES string of the molecule is CCN(C(=O)c1cc(Br)ccc1O)c1ccc(N)cc1. The van der Waals surface area contributed by atoms with Crippen molar-refractivity contribution in [2.45, 2.75) is 6.92 Å². The van der Waals surface area contributed by atoms with E-state index in [1.807, 2.05) is 6.92 Å². The molecule has 3 N–H and O–H groups in total. The Hall–Kier alpha value is -2.01. The second kappa shape index (κ2) is 5.96. The number of rotatable bonds is 3. The number of benzene rings is 2. The normalized spacial score (nSPS) is 10.3. The fraction of sp³-hybridized carbons (Fsp3) is 0.133. The van der Waals surface area contributed by atoms with Crippen LogP contribution >= 0.6 is 15.9 Å². The van der Waals surface area contributed by atoms with Crippen LogP contribution in [-0.4, -0.2) is 17.6 Å². The van der Waals surface area contributed by atoms with Crippen LogP contribution in [0.25, 0.3) is 0 Å². The van der Waals surface area contributed by atoms with Gasteiger partial charge in [0.05, 0.1) is 5.56 Å². The van der Waals surface area contributed by atoms with Crippen molar-refractivity contribution in [1.29, 1.82) is 0 Å². The van der Waals surface area contributed by atoms with Crippen LogP contribution in [-0.2, 0) is 0 Å². The van der Waals surface area contributed by atoms with Gasteiger partial charge in [0, 0.05) is 22.4 Å². The minimum absolute atomic E-state index is 0.0351. The quantitative estimate of drug-likeness (QED) is 0.845. The summed E-state index contributed by atoms with van der Waals surface area (Å²) < 4.78 is 0.743. The Morgan fingerprint density at radius 1 is 1.25 bits per heavy atom. The van der Waals surface area contributed by atoms with Gasteiger partial charge in [-0.05, 0) is 49.4 Å². The third kappa shape index (κ3) is 2.93. The summed E-state index contributed by atoms with van der Waals surface area (Å²) in [6.45, 7) is 2.37. The predicted molar refractivity (Wildman–Crippen MR) is 84.0 cm³/mol. The minimum Gasteiger partial charge on any atom is -0.507 e. The average Bonchev–Trinajstić information content (AvgIpc) is 2.44. The van der Waals surface area contributed by atoms with Gasteiger partial charge in [-0.25, -0.2) is 0 Å². The van der Waals surface area contributed by atoms with E-state index in [9.17, 15) is 9.90 Å². The fourth-order valence-corrected chi connectivity index (χ4v) is 2.28. The molecule has 4 nitrogen and oxygen atoms in total. The molecule has 0 heterocycles. The summed E-state index contributed by atoms with van der Waals surface area (Å²) in [5.74, 6) is -0.289. The molecule has 0 aliphatic heterocycles. The maximum atomic E-state index is 12.5. The summed E-state index contributed by atoms with van der Waals surface area (Å²) in [6, 6.07) is 11.8. The number of nitrogen functional groups attached to an aromatic ring is 1. The third-order valence-electron chi connectivity index (χ3n) is 2.96. The molecule has 1 amide bonds. The lowest BCUT2D eigenvalue weighted by molar-refractivity contribution is 0.0985. The number of aromatic hydroxyl groups is 1. The van der Waals surface area contributed by atoms with E-state index in [1.165, 1.54) is 6.07 Å². The molecule has 0 spiro atoms. The molecule has 5 heteroatoms. The second-order valence-corrected chi connectivity index (χ2v) is 5.22. The highest BCUT2D eigenvalue weighted by Crippen LogP contribution is 2.26. The molecule has 2 aromatic carbocycles. The van der Waals surface area contributed by atoms with E-state index in [0.717, 1.165) is 10.2 Å². The lowest BCUT2D eigenvalue weighted by Gasteiger charge is -2.21. The number of nitrogens with zero attached hydrogens (tertiary/aromatic N) is 1. The van der Waals surface area contributed by atoms with Crippen molar-refractivity contribution in [2.75, 3.05) is 17.2 Å². The maximum absolute atomic E-state index is 12.5. The van der Waals surface area contributed by atoms with Gasteiger partial charge in [0.2, 0.25) is 0 Å².